The molecule has 0 aromatic heterocycles. The second kappa shape index (κ2) is 6.59. The topological polar surface area (TPSA) is 35.5 Å². The van der Waals surface area contributed by atoms with Crippen LogP contribution >= 0.6 is 15.9 Å². The molecule has 0 atom stereocenters. The van der Waals surface area contributed by atoms with Crippen LogP contribution in [0.5, 0.6) is 5.75 Å². The lowest BCUT2D eigenvalue weighted by Gasteiger charge is -2.10. The predicted molar refractivity (Wildman–Crippen MR) is 65.9 cm³/mol. The predicted octanol–water partition coefficient (Wildman–Crippen LogP) is 2.83. The van der Waals surface area contributed by atoms with Crippen LogP contribution < -0.4 is 4.74 Å². The normalized spacial score (nSPS) is 10.1. The Morgan fingerprint density at radius 2 is 2.12 bits per heavy atom. The summed E-state index contributed by atoms with van der Waals surface area (Å²) < 4.78 is 23.6. The molecule has 0 saturated heterocycles. The van der Waals surface area contributed by atoms with E-state index in [4.69, 9.17) is 9.47 Å². The fraction of sp³-hybridized carbons (Fsp3) is 0.417. The van der Waals surface area contributed by atoms with Gasteiger partial charge in [0.2, 0.25) is 0 Å². The first-order valence-corrected chi connectivity index (χ1v) is 6.31. The number of carbonyl (C=O) groups excluding carboxylic acids is 1. The molecule has 3 nitrogen and oxygen atoms in total. The van der Waals surface area contributed by atoms with Gasteiger partial charge in [-0.25, -0.2) is 4.39 Å². The second-order valence-electron chi connectivity index (χ2n) is 3.37. The minimum atomic E-state index is -0.444. The third-order valence-corrected chi connectivity index (χ3v) is 2.84. The van der Waals surface area contributed by atoms with Crippen molar-refractivity contribution in [2.45, 2.75) is 18.7 Å². The van der Waals surface area contributed by atoms with Crippen LogP contribution in [0.3, 0.4) is 0 Å². The van der Waals surface area contributed by atoms with E-state index in [0.717, 1.165) is 0 Å². The van der Waals surface area contributed by atoms with E-state index in [0.29, 0.717) is 16.6 Å². The Hall–Kier alpha value is -1.10. The maximum Gasteiger partial charge on any atom is 0.310 e. The van der Waals surface area contributed by atoms with E-state index in [1.165, 1.54) is 19.2 Å². The van der Waals surface area contributed by atoms with Crippen LogP contribution in [-0.2, 0) is 21.3 Å². The molecule has 0 fully saturated rings. The zero-order chi connectivity index (χ0) is 12.8. The molecule has 0 bridgehead atoms. The van der Waals surface area contributed by atoms with Crippen LogP contribution in [0.4, 0.5) is 4.39 Å². The Balaban J connectivity index is 2.96. The number of rotatable bonds is 5. The van der Waals surface area contributed by atoms with Crippen molar-refractivity contribution in [2.24, 2.45) is 0 Å². The number of ether oxygens (including phenoxy) is 2. The highest BCUT2D eigenvalue weighted by Crippen LogP contribution is 2.25. The van der Waals surface area contributed by atoms with Gasteiger partial charge in [0.15, 0.2) is 0 Å². The highest BCUT2D eigenvalue weighted by Gasteiger charge is 2.13. The number of hydrogen-bond acceptors (Lipinski definition) is 3. The summed E-state index contributed by atoms with van der Waals surface area (Å²) in [7, 11) is 1.51. The van der Waals surface area contributed by atoms with Gasteiger partial charge >= 0.3 is 5.97 Å². The van der Waals surface area contributed by atoms with Gasteiger partial charge in [-0.1, -0.05) is 15.9 Å². The number of halogens is 2. The van der Waals surface area contributed by atoms with Crippen LogP contribution in [0.1, 0.15) is 18.1 Å². The maximum absolute atomic E-state index is 13.7. The zero-order valence-electron chi connectivity index (χ0n) is 9.76. The van der Waals surface area contributed by atoms with Crippen molar-refractivity contribution in [3.05, 3.63) is 29.1 Å². The summed E-state index contributed by atoms with van der Waals surface area (Å²) in [6, 6.07) is 2.89. The van der Waals surface area contributed by atoms with Gasteiger partial charge in [0, 0.05) is 16.5 Å². The number of alkyl halides is 1. The lowest BCUT2D eigenvalue weighted by atomic mass is 10.1. The lowest BCUT2D eigenvalue weighted by Crippen LogP contribution is -2.09. The van der Waals surface area contributed by atoms with Gasteiger partial charge in [-0.05, 0) is 19.1 Å². The highest BCUT2D eigenvalue weighted by atomic mass is 79.9. The van der Waals surface area contributed by atoms with Crippen LogP contribution in [0, 0.1) is 5.82 Å². The molecule has 0 aliphatic heterocycles. The molecule has 0 spiro atoms. The Morgan fingerprint density at radius 3 is 2.65 bits per heavy atom. The quantitative estimate of drug-likeness (QED) is 0.620. The number of methoxy groups -OCH3 is 1. The molecule has 0 aliphatic carbocycles. The highest BCUT2D eigenvalue weighted by molar-refractivity contribution is 9.08. The van der Waals surface area contributed by atoms with Crippen molar-refractivity contribution in [2.75, 3.05) is 13.7 Å². The monoisotopic (exact) mass is 304 g/mol. The van der Waals surface area contributed by atoms with Gasteiger partial charge in [0.05, 0.1) is 20.1 Å². The Labute approximate surface area is 108 Å². The van der Waals surface area contributed by atoms with Crippen LogP contribution in [0.25, 0.3) is 0 Å². The molecule has 5 heteroatoms. The number of hydrogen-bond donors (Lipinski definition) is 0. The van der Waals surface area contributed by atoms with Gasteiger partial charge in [0.1, 0.15) is 11.6 Å². The first-order valence-electron chi connectivity index (χ1n) is 5.19. The molecular weight excluding hydrogens is 291 g/mol. The summed E-state index contributed by atoms with van der Waals surface area (Å²) in [6.45, 7) is 2.00. The van der Waals surface area contributed by atoms with Gasteiger partial charge in [-0.2, -0.15) is 0 Å². The van der Waals surface area contributed by atoms with Crippen molar-refractivity contribution in [3.8, 4) is 5.75 Å². The second-order valence-corrected chi connectivity index (χ2v) is 3.93. The number of esters is 1. The van der Waals surface area contributed by atoms with Crippen molar-refractivity contribution in [1.82, 2.24) is 0 Å². The van der Waals surface area contributed by atoms with Crippen LogP contribution in [-0.4, -0.2) is 19.7 Å². The first kappa shape index (κ1) is 14.0. The van der Waals surface area contributed by atoms with Gasteiger partial charge in [-0.15, -0.1) is 0 Å². The first-order chi connectivity index (χ1) is 8.12. The summed E-state index contributed by atoms with van der Waals surface area (Å²) >= 11 is 3.25. The fourth-order valence-corrected chi connectivity index (χ4v) is 1.87. The summed E-state index contributed by atoms with van der Waals surface area (Å²) in [4.78, 5) is 11.3. The SMILES string of the molecule is CCOC(=O)Cc1cc(OC)c(CBr)cc1F. The summed E-state index contributed by atoms with van der Waals surface area (Å²) in [5, 5.41) is 0.493. The van der Waals surface area contributed by atoms with Crippen molar-refractivity contribution >= 4 is 21.9 Å². The Morgan fingerprint density at radius 1 is 1.41 bits per heavy atom. The zero-order valence-corrected chi connectivity index (χ0v) is 11.3. The van der Waals surface area contributed by atoms with E-state index >= 15 is 0 Å². The van der Waals surface area contributed by atoms with E-state index in [2.05, 4.69) is 15.9 Å². The average molecular weight is 305 g/mol. The number of carbonyl (C=O) groups is 1. The molecule has 1 rings (SSSR count). The molecule has 94 valence electrons. The molecule has 0 saturated carbocycles. The standard InChI is InChI=1S/C12H14BrFO3/c1-3-17-12(15)6-8-5-11(16-2)9(7-13)4-10(8)14/h4-5H,3,6-7H2,1-2H3. The van der Waals surface area contributed by atoms with E-state index in [1.54, 1.807) is 6.92 Å². The summed E-state index contributed by atoms with van der Waals surface area (Å²) in [6.07, 6.45) is -0.0847. The molecule has 0 heterocycles. The van der Waals surface area contributed by atoms with Crippen LogP contribution in [0.2, 0.25) is 0 Å². The van der Waals surface area contributed by atoms with Crippen molar-refractivity contribution in [1.29, 1.82) is 0 Å². The van der Waals surface area contributed by atoms with Gasteiger partial charge in [0.25, 0.3) is 0 Å². The molecule has 0 aliphatic rings. The third-order valence-electron chi connectivity index (χ3n) is 2.23. The molecular formula is C12H14BrFO3. The lowest BCUT2D eigenvalue weighted by molar-refractivity contribution is -0.142. The van der Waals surface area contributed by atoms with E-state index in [-0.39, 0.29) is 18.6 Å². The summed E-state index contributed by atoms with van der Waals surface area (Å²) in [5.41, 5.74) is 0.989. The largest absolute Gasteiger partial charge is 0.496 e. The molecule has 17 heavy (non-hydrogen) atoms. The fourth-order valence-electron chi connectivity index (χ4n) is 1.43. The average Bonchev–Trinajstić information content (AvgIpc) is 2.31. The van der Waals surface area contributed by atoms with Crippen LogP contribution in [0.15, 0.2) is 12.1 Å². The smallest absolute Gasteiger partial charge is 0.310 e. The minimum Gasteiger partial charge on any atom is -0.496 e. The van der Waals surface area contributed by atoms with E-state index < -0.39 is 11.8 Å². The maximum atomic E-state index is 13.7. The molecule has 0 amide bonds. The Kier molecular flexibility index (Phi) is 5.41. The third kappa shape index (κ3) is 3.70. The van der Waals surface area contributed by atoms with Crippen molar-refractivity contribution in [3.63, 3.8) is 0 Å². The molecule has 1 aromatic carbocycles. The van der Waals surface area contributed by atoms with Gasteiger partial charge < -0.3 is 9.47 Å². The Bertz CT molecular complexity index is 407. The molecule has 0 radical (unpaired) electrons. The van der Waals surface area contributed by atoms with Gasteiger partial charge in [-0.3, -0.25) is 4.79 Å². The summed E-state index contributed by atoms with van der Waals surface area (Å²) in [5.74, 6) is -0.309. The minimum absolute atomic E-state index is 0.0847. The molecule has 1 aromatic rings. The van der Waals surface area contributed by atoms with E-state index in [1.807, 2.05) is 0 Å². The molecule has 0 N–H and O–H groups in total. The van der Waals surface area contributed by atoms with E-state index in [9.17, 15) is 9.18 Å². The number of benzene rings is 1. The van der Waals surface area contributed by atoms with Crippen molar-refractivity contribution < 1.29 is 18.7 Å². The molecule has 0 unspecified atom stereocenters.